The number of benzene rings is 2. The molecule has 0 fully saturated rings. The minimum Gasteiger partial charge on any atom is -0.300 e. The van der Waals surface area contributed by atoms with Crippen molar-refractivity contribution in [2.75, 3.05) is 0 Å². The van der Waals surface area contributed by atoms with Crippen LogP contribution in [0.5, 0.6) is 0 Å². The Morgan fingerprint density at radius 2 is 1.05 bits per heavy atom. The second-order valence-corrected chi connectivity index (χ2v) is 4.51. The summed E-state index contributed by atoms with van der Waals surface area (Å²) in [5.41, 5.74) is 2.48. The van der Waals surface area contributed by atoms with Crippen molar-refractivity contribution in [2.24, 2.45) is 0 Å². The normalized spacial score (nSPS) is 9.68. The molecule has 2 aromatic carbocycles. The van der Waals surface area contributed by atoms with Gasteiger partial charge in [-0.2, -0.15) is 0 Å². The van der Waals surface area contributed by atoms with Crippen LogP contribution in [0.2, 0.25) is 0 Å². The molecule has 0 radical (unpaired) electrons. The zero-order valence-corrected chi connectivity index (χ0v) is 12.4. The number of hydrogen-bond donors (Lipinski definition) is 0. The molecule has 2 heteroatoms. The third kappa shape index (κ3) is 5.96. The first-order valence-corrected chi connectivity index (χ1v) is 6.44. The van der Waals surface area contributed by atoms with E-state index < -0.39 is 0 Å². The van der Waals surface area contributed by atoms with E-state index in [0.29, 0.717) is 18.6 Å². The second kappa shape index (κ2) is 8.80. The van der Waals surface area contributed by atoms with Gasteiger partial charge in [0.2, 0.25) is 0 Å². The van der Waals surface area contributed by atoms with Crippen LogP contribution in [0, 0.1) is 0 Å². The van der Waals surface area contributed by atoms with E-state index in [4.69, 9.17) is 0 Å². The standard InChI is InChI=1S/C17H18O.Pd/c18-17(13-11-15-7-3-1-4-8-15)14-12-16-9-5-2-6-10-16;/h1-10H,11-14H2;. The topological polar surface area (TPSA) is 17.1 Å². The Hall–Kier alpha value is -1.23. The fourth-order valence-electron chi connectivity index (χ4n) is 1.98. The molecule has 0 saturated carbocycles. The van der Waals surface area contributed by atoms with E-state index in [1.807, 2.05) is 36.4 Å². The molecule has 0 saturated heterocycles. The Morgan fingerprint density at radius 3 is 1.42 bits per heavy atom. The number of aryl methyl sites for hydroxylation is 2. The van der Waals surface area contributed by atoms with Crippen molar-refractivity contribution in [1.82, 2.24) is 0 Å². The zero-order valence-electron chi connectivity index (χ0n) is 10.8. The van der Waals surface area contributed by atoms with E-state index in [2.05, 4.69) is 24.3 Å². The largest absolute Gasteiger partial charge is 0.300 e. The van der Waals surface area contributed by atoms with Crippen LogP contribution < -0.4 is 0 Å². The van der Waals surface area contributed by atoms with Crippen LogP contribution in [-0.2, 0) is 38.1 Å². The number of carbonyl (C=O) groups is 1. The van der Waals surface area contributed by atoms with Gasteiger partial charge in [0.15, 0.2) is 0 Å². The fourth-order valence-corrected chi connectivity index (χ4v) is 1.98. The summed E-state index contributed by atoms with van der Waals surface area (Å²) in [6.07, 6.45) is 3.01. The number of hydrogen-bond acceptors (Lipinski definition) is 1. The average molecular weight is 345 g/mol. The molecule has 0 aliphatic carbocycles. The summed E-state index contributed by atoms with van der Waals surface area (Å²) >= 11 is 0. The van der Waals surface area contributed by atoms with E-state index in [0.717, 1.165) is 12.8 Å². The maximum atomic E-state index is 11.8. The SMILES string of the molecule is O=C(CCc1ccccc1)CCc1ccccc1.[Pd]. The predicted octanol–water partition coefficient (Wildman–Crippen LogP) is 3.82. The quantitative estimate of drug-likeness (QED) is 0.728. The van der Waals surface area contributed by atoms with Gasteiger partial charge in [-0.15, -0.1) is 0 Å². The van der Waals surface area contributed by atoms with Gasteiger partial charge in [-0.25, -0.2) is 0 Å². The van der Waals surface area contributed by atoms with Gasteiger partial charge in [-0.3, -0.25) is 4.79 Å². The minimum atomic E-state index is 0. The van der Waals surface area contributed by atoms with Gasteiger partial charge in [-0.1, -0.05) is 60.7 Å². The maximum Gasteiger partial charge on any atom is 0.133 e. The van der Waals surface area contributed by atoms with Crippen LogP contribution in [0.1, 0.15) is 24.0 Å². The summed E-state index contributed by atoms with van der Waals surface area (Å²) < 4.78 is 0. The maximum absolute atomic E-state index is 11.8. The smallest absolute Gasteiger partial charge is 0.133 e. The van der Waals surface area contributed by atoms with Crippen molar-refractivity contribution in [3.63, 3.8) is 0 Å². The number of Topliss-reactive ketones (excluding diaryl/α,β-unsaturated/α-hetero) is 1. The third-order valence-electron chi connectivity index (χ3n) is 3.07. The predicted molar refractivity (Wildman–Crippen MR) is 74.5 cm³/mol. The van der Waals surface area contributed by atoms with Crippen LogP contribution in [0.3, 0.4) is 0 Å². The van der Waals surface area contributed by atoms with E-state index in [-0.39, 0.29) is 20.4 Å². The summed E-state index contributed by atoms with van der Waals surface area (Å²) in [7, 11) is 0. The van der Waals surface area contributed by atoms with Gasteiger partial charge in [0, 0.05) is 33.3 Å². The first-order chi connectivity index (χ1) is 8.84. The molecule has 0 aromatic heterocycles. The minimum absolute atomic E-state index is 0. The van der Waals surface area contributed by atoms with E-state index in [1.165, 1.54) is 11.1 Å². The van der Waals surface area contributed by atoms with Crippen LogP contribution >= 0.6 is 0 Å². The Kier molecular flexibility index (Phi) is 7.33. The molecule has 2 aromatic rings. The molecular formula is C17H18OPd. The molecular weight excluding hydrogens is 327 g/mol. The molecule has 0 atom stereocenters. The van der Waals surface area contributed by atoms with E-state index >= 15 is 0 Å². The molecule has 0 aliphatic rings. The van der Waals surface area contributed by atoms with Crippen molar-refractivity contribution in [1.29, 1.82) is 0 Å². The average Bonchev–Trinajstić information content (AvgIpc) is 2.45. The molecule has 0 aliphatic heterocycles. The summed E-state index contributed by atoms with van der Waals surface area (Å²) in [4.78, 5) is 11.8. The van der Waals surface area contributed by atoms with Gasteiger partial charge in [-0.05, 0) is 24.0 Å². The fraction of sp³-hybridized carbons (Fsp3) is 0.235. The Balaban J connectivity index is 0.00000180. The van der Waals surface area contributed by atoms with Crippen molar-refractivity contribution >= 4 is 5.78 Å². The van der Waals surface area contributed by atoms with Crippen LogP contribution in [0.4, 0.5) is 0 Å². The van der Waals surface area contributed by atoms with Crippen molar-refractivity contribution in [3.05, 3.63) is 71.8 Å². The zero-order chi connectivity index (χ0) is 12.6. The molecule has 0 N–H and O–H groups in total. The summed E-state index contributed by atoms with van der Waals surface area (Å²) in [5.74, 6) is 0.350. The monoisotopic (exact) mass is 344 g/mol. The van der Waals surface area contributed by atoms with Crippen molar-refractivity contribution < 1.29 is 25.2 Å². The first kappa shape index (κ1) is 15.8. The van der Waals surface area contributed by atoms with Gasteiger partial charge in [0.05, 0.1) is 0 Å². The molecule has 0 unspecified atom stereocenters. The van der Waals surface area contributed by atoms with E-state index in [1.54, 1.807) is 0 Å². The van der Waals surface area contributed by atoms with E-state index in [9.17, 15) is 4.79 Å². The van der Waals surface area contributed by atoms with Crippen molar-refractivity contribution in [3.8, 4) is 0 Å². The van der Waals surface area contributed by atoms with Crippen LogP contribution in [0.15, 0.2) is 60.7 Å². The Bertz CT molecular complexity index is 434. The molecule has 0 amide bonds. The molecule has 0 bridgehead atoms. The van der Waals surface area contributed by atoms with Gasteiger partial charge >= 0.3 is 0 Å². The second-order valence-electron chi connectivity index (χ2n) is 4.51. The number of ketones is 1. The molecule has 0 spiro atoms. The molecule has 19 heavy (non-hydrogen) atoms. The molecule has 2 rings (SSSR count). The van der Waals surface area contributed by atoms with Crippen LogP contribution in [-0.4, -0.2) is 5.78 Å². The number of carbonyl (C=O) groups excluding carboxylic acids is 1. The Labute approximate surface area is 128 Å². The molecule has 1 nitrogen and oxygen atoms in total. The molecule has 0 heterocycles. The summed E-state index contributed by atoms with van der Waals surface area (Å²) in [5, 5.41) is 0. The third-order valence-corrected chi connectivity index (χ3v) is 3.07. The Morgan fingerprint density at radius 1 is 0.684 bits per heavy atom. The number of rotatable bonds is 6. The summed E-state index contributed by atoms with van der Waals surface area (Å²) in [6.45, 7) is 0. The van der Waals surface area contributed by atoms with Gasteiger partial charge in [0.1, 0.15) is 5.78 Å². The van der Waals surface area contributed by atoms with Crippen LogP contribution in [0.25, 0.3) is 0 Å². The first-order valence-electron chi connectivity index (χ1n) is 6.44. The summed E-state index contributed by atoms with van der Waals surface area (Å²) in [6, 6.07) is 20.4. The van der Waals surface area contributed by atoms with Gasteiger partial charge in [0.25, 0.3) is 0 Å². The van der Waals surface area contributed by atoms with Gasteiger partial charge < -0.3 is 0 Å². The van der Waals surface area contributed by atoms with Crippen molar-refractivity contribution in [2.45, 2.75) is 25.7 Å². The molecule has 102 valence electrons.